The van der Waals surface area contributed by atoms with E-state index in [4.69, 9.17) is 4.74 Å². The molecule has 0 unspecified atom stereocenters. The Bertz CT molecular complexity index is 365. The minimum Gasteiger partial charge on any atom is -0.457 e. The van der Waals surface area contributed by atoms with Crippen molar-refractivity contribution in [3.05, 3.63) is 22.6 Å². The monoisotopic (exact) mass is 200 g/mol. The first-order valence-electron chi connectivity index (χ1n) is 4.14. The van der Waals surface area contributed by atoms with Crippen molar-refractivity contribution < 1.29 is 18.4 Å². The first-order valence-corrected chi connectivity index (χ1v) is 4.14. The standard InChI is InChI=1S/C9H12O5/c1-9(2,3)7(10)12-4-6-5-13-8(11)14-6/h5H,4H2,1-3H3. The van der Waals surface area contributed by atoms with E-state index in [0.29, 0.717) is 0 Å². The molecule has 0 spiro atoms. The molecule has 1 aromatic heterocycles. The predicted molar refractivity (Wildman–Crippen MR) is 46.5 cm³/mol. The second-order valence-electron chi connectivity index (χ2n) is 3.88. The van der Waals surface area contributed by atoms with Gasteiger partial charge in [0.15, 0.2) is 12.4 Å². The van der Waals surface area contributed by atoms with E-state index in [9.17, 15) is 9.59 Å². The second-order valence-corrected chi connectivity index (χ2v) is 3.88. The molecule has 0 saturated carbocycles. The average Bonchev–Trinajstić information content (AvgIpc) is 2.45. The van der Waals surface area contributed by atoms with Crippen LogP contribution in [0.5, 0.6) is 0 Å². The van der Waals surface area contributed by atoms with Crippen molar-refractivity contribution in [3.63, 3.8) is 0 Å². The number of esters is 1. The smallest absolute Gasteiger partial charge is 0.457 e. The molecule has 0 N–H and O–H groups in total. The highest BCUT2D eigenvalue weighted by Gasteiger charge is 2.23. The van der Waals surface area contributed by atoms with E-state index in [-0.39, 0.29) is 18.3 Å². The molecule has 0 radical (unpaired) electrons. The first kappa shape index (κ1) is 10.6. The zero-order valence-corrected chi connectivity index (χ0v) is 8.33. The van der Waals surface area contributed by atoms with Gasteiger partial charge in [0.05, 0.1) is 5.41 Å². The maximum atomic E-state index is 11.3. The molecule has 0 atom stereocenters. The van der Waals surface area contributed by atoms with E-state index in [1.807, 2.05) is 0 Å². The lowest BCUT2D eigenvalue weighted by Crippen LogP contribution is -2.22. The molecule has 0 fully saturated rings. The van der Waals surface area contributed by atoms with E-state index in [2.05, 4.69) is 8.83 Å². The Balaban J connectivity index is 2.50. The summed E-state index contributed by atoms with van der Waals surface area (Å²) < 4.78 is 13.8. The fourth-order valence-electron chi connectivity index (χ4n) is 0.686. The van der Waals surface area contributed by atoms with Crippen LogP contribution < -0.4 is 5.82 Å². The van der Waals surface area contributed by atoms with Gasteiger partial charge in [0.25, 0.3) is 0 Å². The molecule has 0 aliphatic rings. The lowest BCUT2D eigenvalue weighted by molar-refractivity contribution is -0.154. The lowest BCUT2D eigenvalue weighted by Gasteiger charge is -2.15. The number of carbonyl (C=O) groups is 1. The zero-order valence-electron chi connectivity index (χ0n) is 8.33. The number of carbonyl (C=O) groups excluding carboxylic acids is 1. The van der Waals surface area contributed by atoms with Gasteiger partial charge in [-0.3, -0.25) is 4.79 Å². The van der Waals surface area contributed by atoms with Gasteiger partial charge in [-0.2, -0.15) is 0 Å². The highest BCUT2D eigenvalue weighted by molar-refractivity contribution is 5.75. The molecule has 14 heavy (non-hydrogen) atoms. The molecule has 1 heterocycles. The summed E-state index contributed by atoms with van der Waals surface area (Å²) in [6.07, 6.45) is 1.12. The first-order chi connectivity index (χ1) is 6.39. The highest BCUT2D eigenvalue weighted by Crippen LogP contribution is 2.16. The van der Waals surface area contributed by atoms with Crippen molar-refractivity contribution in [2.75, 3.05) is 0 Å². The molecule has 0 aromatic carbocycles. The Morgan fingerprint density at radius 2 is 2.14 bits per heavy atom. The van der Waals surface area contributed by atoms with Crippen molar-refractivity contribution in [3.8, 4) is 0 Å². The molecule has 0 bridgehead atoms. The van der Waals surface area contributed by atoms with E-state index in [1.165, 1.54) is 0 Å². The van der Waals surface area contributed by atoms with Crippen molar-refractivity contribution in [1.82, 2.24) is 0 Å². The van der Waals surface area contributed by atoms with Gasteiger partial charge in [0.1, 0.15) is 6.26 Å². The van der Waals surface area contributed by atoms with E-state index in [0.717, 1.165) is 6.26 Å². The van der Waals surface area contributed by atoms with Gasteiger partial charge in [-0.1, -0.05) is 0 Å². The molecule has 1 aromatic rings. The van der Waals surface area contributed by atoms with Crippen LogP contribution in [0.2, 0.25) is 0 Å². The van der Waals surface area contributed by atoms with E-state index in [1.54, 1.807) is 20.8 Å². The van der Waals surface area contributed by atoms with Crippen LogP contribution in [0.4, 0.5) is 0 Å². The van der Waals surface area contributed by atoms with Crippen LogP contribution >= 0.6 is 0 Å². The van der Waals surface area contributed by atoms with Crippen molar-refractivity contribution in [2.45, 2.75) is 27.4 Å². The molecule has 0 aliphatic heterocycles. The average molecular weight is 200 g/mol. The molecular weight excluding hydrogens is 188 g/mol. The van der Waals surface area contributed by atoms with Crippen molar-refractivity contribution in [1.29, 1.82) is 0 Å². The maximum Gasteiger partial charge on any atom is 0.518 e. The third-order valence-corrected chi connectivity index (χ3v) is 1.46. The Hall–Kier alpha value is -1.52. The summed E-state index contributed by atoms with van der Waals surface area (Å²) in [5.41, 5.74) is -0.565. The quantitative estimate of drug-likeness (QED) is 0.673. The number of hydrogen-bond acceptors (Lipinski definition) is 5. The van der Waals surface area contributed by atoms with Gasteiger partial charge < -0.3 is 13.6 Å². The summed E-state index contributed by atoms with van der Waals surface area (Å²) in [4.78, 5) is 21.7. The molecule has 0 saturated heterocycles. The second kappa shape index (κ2) is 3.69. The summed E-state index contributed by atoms with van der Waals surface area (Å²) in [6.45, 7) is 5.13. The Kier molecular flexibility index (Phi) is 2.78. The number of hydrogen-bond donors (Lipinski definition) is 0. The number of rotatable bonds is 2. The SMILES string of the molecule is CC(C)(C)C(=O)OCc1coc(=O)o1. The van der Waals surface area contributed by atoms with E-state index >= 15 is 0 Å². The topological polar surface area (TPSA) is 69.7 Å². The summed E-state index contributed by atoms with van der Waals surface area (Å²) in [5, 5.41) is 0. The van der Waals surface area contributed by atoms with Gasteiger partial charge >= 0.3 is 11.8 Å². The summed E-state index contributed by atoms with van der Waals surface area (Å²) in [7, 11) is 0. The maximum absolute atomic E-state index is 11.3. The third-order valence-electron chi connectivity index (χ3n) is 1.46. The minimum atomic E-state index is -0.799. The van der Waals surface area contributed by atoms with Gasteiger partial charge in [0.2, 0.25) is 0 Å². The zero-order chi connectivity index (χ0) is 10.8. The summed E-state index contributed by atoms with van der Waals surface area (Å²) in [5.74, 6) is -0.958. The van der Waals surface area contributed by atoms with Gasteiger partial charge in [-0.15, -0.1) is 0 Å². The lowest BCUT2D eigenvalue weighted by atomic mass is 9.97. The fourth-order valence-corrected chi connectivity index (χ4v) is 0.686. The van der Waals surface area contributed by atoms with Crippen molar-refractivity contribution >= 4 is 5.97 Å². The molecule has 0 amide bonds. The van der Waals surface area contributed by atoms with Crippen LogP contribution in [-0.4, -0.2) is 5.97 Å². The van der Waals surface area contributed by atoms with Gasteiger partial charge in [-0.25, -0.2) is 4.79 Å². The third kappa shape index (κ3) is 2.76. The Morgan fingerprint density at radius 1 is 1.50 bits per heavy atom. The molecule has 78 valence electrons. The molecule has 1 rings (SSSR count). The highest BCUT2D eigenvalue weighted by atomic mass is 16.6. The van der Waals surface area contributed by atoms with Crippen LogP contribution in [0.3, 0.4) is 0 Å². The molecule has 0 aliphatic carbocycles. The number of ether oxygens (including phenoxy) is 1. The Labute approximate surface area is 80.7 Å². The van der Waals surface area contributed by atoms with Crippen molar-refractivity contribution in [2.24, 2.45) is 5.41 Å². The molecular formula is C9H12O5. The van der Waals surface area contributed by atoms with Gasteiger partial charge in [0, 0.05) is 0 Å². The van der Waals surface area contributed by atoms with Crippen LogP contribution in [0.25, 0.3) is 0 Å². The van der Waals surface area contributed by atoms with E-state index < -0.39 is 11.2 Å². The summed E-state index contributed by atoms with van der Waals surface area (Å²) >= 11 is 0. The largest absolute Gasteiger partial charge is 0.518 e. The van der Waals surface area contributed by atoms with Gasteiger partial charge in [-0.05, 0) is 20.8 Å². The normalized spacial score (nSPS) is 11.4. The predicted octanol–water partition coefficient (Wildman–Crippen LogP) is 1.32. The van der Waals surface area contributed by atoms with Crippen LogP contribution in [0, 0.1) is 5.41 Å². The minimum absolute atomic E-state index is 0.0815. The fraction of sp³-hybridized carbons (Fsp3) is 0.556. The summed E-state index contributed by atoms with van der Waals surface area (Å²) in [6, 6.07) is 0. The molecule has 5 nitrogen and oxygen atoms in total. The Morgan fingerprint density at radius 3 is 2.57 bits per heavy atom. The van der Waals surface area contributed by atoms with Crippen LogP contribution in [-0.2, 0) is 16.1 Å². The molecule has 5 heteroatoms. The van der Waals surface area contributed by atoms with Crippen LogP contribution in [0.15, 0.2) is 19.9 Å². The van der Waals surface area contributed by atoms with Crippen LogP contribution in [0.1, 0.15) is 26.5 Å².